The lowest BCUT2D eigenvalue weighted by molar-refractivity contribution is 0.166. The molecule has 1 N–H and O–H groups in total. The summed E-state index contributed by atoms with van der Waals surface area (Å²) in [6, 6.07) is 9.29. The van der Waals surface area contributed by atoms with Crippen LogP contribution in [0.15, 0.2) is 24.3 Å². The number of benzene rings is 1. The first kappa shape index (κ1) is 14.8. The second kappa shape index (κ2) is 6.60. The van der Waals surface area contributed by atoms with Crippen molar-refractivity contribution in [2.45, 2.75) is 32.5 Å². The smallest absolute Gasteiger partial charge is 0.0409 e. The Balaban J connectivity index is 0.00000144. The number of hydrogen-bond donors (Lipinski definition) is 1. The topological polar surface area (TPSA) is 15.3 Å². The Morgan fingerprint density at radius 2 is 1.94 bits per heavy atom. The van der Waals surface area contributed by atoms with Gasteiger partial charge in [0.1, 0.15) is 0 Å². The number of hydrogen-bond acceptors (Lipinski definition) is 2. The highest BCUT2D eigenvalue weighted by molar-refractivity contribution is 6.30. The molecule has 0 spiro atoms. The third-order valence-corrected chi connectivity index (χ3v) is 3.16. The summed E-state index contributed by atoms with van der Waals surface area (Å²) in [5.74, 6) is 0. The van der Waals surface area contributed by atoms with Gasteiger partial charge in [-0.2, -0.15) is 0 Å². The predicted molar refractivity (Wildman–Crippen MR) is 76.0 cm³/mol. The van der Waals surface area contributed by atoms with Crippen LogP contribution < -0.4 is 5.32 Å². The van der Waals surface area contributed by atoms with Crippen molar-refractivity contribution >= 4 is 24.0 Å². The summed E-state index contributed by atoms with van der Waals surface area (Å²) >= 11 is 5.99. The van der Waals surface area contributed by atoms with E-state index in [0.29, 0.717) is 12.1 Å². The first-order valence-corrected chi connectivity index (χ1v) is 6.24. The van der Waals surface area contributed by atoms with Gasteiger partial charge in [0.15, 0.2) is 0 Å². The van der Waals surface area contributed by atoms with Crippen LogP contribution in [0, 0.1) is 0 Å². The lowest BCUT2D eigenvalue weighted by Gasteiger charge is -2.36. The van der Waals surface area contributed by atoms with E-state index in [1.54, 1.807) is 0 Å². The van der Waals surface area contributed by atoms with Gasteiger partial charge in [-0.05, 0) is 31.5 Å². The third-order valence-electron chi connectivity index (χ3n) is 2.93. The normalized spacial score (nSPS) is 25.4. The van der Waals surface area contributed by atoms with Crippen molar-refractivity contribution in [3.05, 3.63) is 34.9 Å². The molecular weight excluding hydrogens is 255 g/mol. The molecule has 1 aromatic carbocycles. The van der Waals surface area contributed by atoms with E-state index in [0.717, 1.165) is 24.7 Å². The molecule has 0 bridgehead atoms. The van der Waals surface area contributed by atoms with E-state index in [2.05, 4.69) is 36.2 Å². The van der Waals surface area contributed by atoms with Gasteiger partial charge in [-0.1, -0.05) is 23.7 Å². The van der Waals surface area contributed by atoms with Crippen molar-refractivity contribution in [1.29, 1.82) is 0 Å². The minimum atomic E-state index is 0. The van der Waals surface area contributed by atoms with Crippen LogP contribution in [0.2, 0.25) is 5.02 Å². The molecule has 1 fully saturated rings. The van der Waals surface area contributed by atoms with Crippen molar-refractivity contribution in [2.24, 2.45) is 0 Å². The fourth-order valence-corrected chi connectivity index (χ4v) is 2.68. The molecule has 0 aromatic heterocycles. The first-order chi connectivity index (χ1) is 7.63. The standard InChI is InChI=1S/C13H19ClN2.ClH/c1-10-7-16(8-11(2)15-10)9-12-4-3-5-13(14)6-12;/h3-6,10-11,15H,7-9H2,1-2H3;1H. The van der Waals surface area contributed by atoms with Crippen molar-refractivity contribution in [3.63, 3.8) is 0 Å². The third kappa shape index (κ3) is 4.47. The Hall–Kier alpha value is -0.280. The summed E-state index contributed by atoms with van der Waals surface area (Å²) in [5.41, 5.74) is 1.30. The van der Waals surface area contributed by atoms with Crippen LogP contribution in [0.25, 0.3) is 0 Å². The molecule has 4 heteroatoms. The quantitative estimate of drug-likeness (QED) is 0.892. The Morgan fingerprint density at radius 1 is 1.29 bits per heavy atom. The maximum Gasteiger partial charge on any atom is 0.0409 e. The van der Waals surface area contributed by atoms with E-state index in [9.17, 15) is 0 Å². The zero-order valence-corrected chi connectivity index (χ0v) is 11.9. The van der Waals surface area contributed by atoms with E-state index in [1.807, 2.05) is 12.1 Å². The number of halogens is 2. The average Bonchev–Trinajstić information content (AvgIpc) is 2.15. The Labute approximate surface area is 115 Å². The SMILES string of the molecule is CC1CN(Cc2cccc(Cl)c2)CC(C)N1.Cl. The minimum Gasteiger partial charge on any atom is -0.309 e. The molecule has 2 nitrogen and oxygen atoms in total. The highest BCUT2D eigenvalue weighted by Gasteiger charge is 2.20. The largest absolute Gasteiger partial charge is 0.309 e. The van der Waals surface area contributed by atoms with Crippen LogP contribution in [0.3, 0.4) is 0 Å². The summed E-state index contributed by atoms with van der Waals surface area (Å²) in [5, 5.41) is 4.37. The molecule has 0 saturated carbocycles. The molecule has 0 radical (unpaired) electrons. The molecule has 0 aliphatic carbocycles. The summed E-state index contributed by atoms with van der Waals surface area (Å²) in [4.78, 5) is 2.48. The van der Waals surface area contributed by atoms with Crippen LogP contribution in [0.4, 0.5) is 0 Å². The fraction of sp³-hybridized carbons (Fsp3) is 0.538. The molecule has 1 heterocycles. The number of nitrogens with one attached hydrogen (secondary N) is 1. The van der Waals surface area contributed by atoms with E-state index in [4.69, 9.17) is 11.6 Å². The fourth-order valence-electron chi connectivity index (χ4n) is 2.46. The van der Waals surface area contributed by atoms with Crippen LogP contribution >= 0.6 is 24.0 Å². The lowest BCUT2D eigenvalue weighted by atomic mass is 10.1. The van der Waals surface area contributed by atoms with Gasteiger partial charge >= 0.3 is 0 Å². The van der Waals surface area contributed by atoms with Gasteiger partial charge < -0.3 is 5.32 Å². The number of piperazine rings is 1. The van der Waals surface area contributed by atoms with E-state index < -0.39 is 0 Å². The van der Waals surface area contributed by atoms with Gasteiger partial charge in [-0.25, -0.2) is 0 Å². The van der Waals surface area contributed by atoms with Gasteiger partial charge in [0.25, 0.3) is 0 Å². The highest BCUT2D eigenvalue weighted by atomic mass is 35.5. The van der Waals surface area contributed by atoms with Gasteiger partial charge in [0, 0.05) is 36.7 Å². The summed E-state index contributed by atoms with van der Waals surface area (Å²) in [6.07, 6.45) is 0. The van der Waals surface area contributed by atoms with Gasteiger partial charge in [-0.15, -0.1) is 12.4 Å². The lowest BCUT2D eigenvalue weighted by Crippen LogP contribution is -2.53. The molecule has 2 atom stereocenters. The van der Waals surface area contributed by atoms with Gasteiger partial charge in [0.05, 0.1) is 0 Å². The highest BCUT2D eigenvalue weighted by Crippen LogP contribution is 2.14. The van der Waals surface area contributed by atoms with Crippen molar-refractivity contribution in [1.82, 2.24) is 10.2 Å². The molecule has 2 unspecified atom stereocenters. The minimum absolute atomic E-state index is 0. The summed E-state index contributed by atoms with van der Waals surface area (Å²) < 4.78 is 0. The maximum absolute atomic E-state index is 5.99. The second-order valence-electron chi connectivity index (χ2n) is 4.79. The van der Waals surface area contributed by atoms with E-state index in [-0.39, 0.29) is 12.4 Å². The van der Waals surface area contributed by atoms with Crippen LogP contribution in [0.1, 0.15) is 19.4 Å². The monoisotopic (exact) mass is 274 g/mol. The van der Waals surface area contributed by atoms with Crippen LogP contribution in [-0.4, -0.2) is 30.1 Å². The first-order valence-electron chi connectivity index (χ1n) is 5.86. The summed E-state index contributed by atoms with van der Waals surface area (Å²) in [6.45, 7) is 7.69. The van der Waals surface area contributed by atoms with Crippen molar-refractivity contribution in [2.75, 3.05) is 13.1 Å². The zero-order valence-electron chi connectivity index (χ0n) is 10.3. The molecule has 1 saturated heterocycles. The average molecular weight is 275 g/mol. The van der Waals surface area contributed by atoms with E-state index in [1.165, 1.54) is 5.56 Å². The summed E-state index contributed by atoms with van der Waals surface area (Å²) in [7, 11) is 0. The zero-order chi connectivity index (χ0) is 11.5. The van der Waals surface area contributed by atoms with Crippen LogP contribution in [0.5, 0.6) is 0 Å². The molecule has 1 aromatic rings. The Kier molecular flexibility index (Phi) is 5.74. The van der Waals surface area contributed by atoms with Crippen molar-refractivity contribution < 1.29 is 0 Å². The van der Waals surface area contributed by atoms with Gasteiger partial charge in [-0.3, -0.25) is 4.90 Å². The number of nitrogens with zero attached hydrogens (tertiary/aromatic N) is 1. The predicted octanol–water partition coefficient (Wildman–Crippen LogP) is 2.94. The molecule has 2 rings (SSSR count). The maximum atomic E-state index is 5.99. The van der Waals surface area contributed by atoms with Crippen molar-refractivity contribution in [3.8, 4) is 0 Å². The second-order valence-corrected chi connectivity index (χ2v) is 5.23. The molecule has 0 amide bonds. The molecule has 1 aliphatic heterocycles. The van der Waals surface area contributed by atoms with Gasteiger partial charge in [0.2, 0.25) is 0 Å². The van der Waals surface area contributed by atoms with E-state index >= 15 is 0 Å². The molecule has 17 heavy (non-hydrogen) atoms. The molecule has 96 valence electrons. The van der Waals surface area contributed by atoms with Crippen LogP contribution in [-0.2, 0) is 6.54 Å². The molecular formula is C13H20Cl2N2. The number of rotatable bonds is 2. The molecule has 1 aliphatic rings. The Morgan fingerprint density at radius 3 is 2.53 bits per heavy atom. The Bertz CT molecular complexity index is 347.